The molecular weight excluding hydrogens is 264 g/mol. The Morgan fingerprint density at radius 1 is 1.05 bits per heavy atom. The van der Waals surface area contributed by atoms with Crippen LogP contribution in [0.5, 0.6) is 0 Å². The summed E-state index contributed by atoms with van der Waals surface area (Å²) >= 11 is 1.75. The number of thioether (sulfide) groups is 1. The average Bonchev–Trinajstić information content (AvgIpc) is 2.53. The smallest absolute Gasteiger partial charge is 0.0422 e. The molecule has 20 heavy (non-hydrogen) atoms. The van der Waals surface area contributed by atoms with Crippen molar-refractivity contribution >= 4 is 28.2 Å². The molecular formula is C17H16N2S. The monoisotopic (exact) mass is 280 g/mol. The highest BCUT2D eigenvalue weighted by molar-refractivity contribution is 7.98. The summed E-state index contributed by atoms with van der Waals surface area (Å²) < 4.78 is 0. The molecule has 3 rings (SSSR count). The quantitative estimate of drug-likeness (QED) is 0.709. The van der Waals surface area contributed by atoms with E-state index >= 15 is 0 Å². The second-order valence-electron chi connectivity index (χ2n) is 4.61. The third-order valence-corrected chi connectivity index (χ3v) is 4.03. The minimum Gasteiger partial charge on any atom is -0.381 e. The van der Waals surface area contributed by atoms with Gasteiger partial charge in [0.15, 0.2) is 0 Å². The van der Waals surface area contributed by atoms with Crippen molar-refractivity contribution < 1.29 is 0 Å². The maximum atomic E-state index is 4.31. The molecule has 0 aliphatic rings. The number of nitrogens with one attached hydrogen (secondary N) is 1. The molecule has 1 heterocycles. The van der Waals surface area contributed by atoms with Crippen LogP contribution in [-0.2, 0) is 6.54 Å². The summed E-state index contributed by atoms with van der Waals surface area (Å²) in [7, 11) is 0. The fourth-order valence-electron chi connectivity index (χ4n) is 2.25. The van der Waals surface area contributed by atoms with Crippen LogP contribution in [0, 0.1) is 0 Å². The number of anilines is 1. The Bertz CT molecular complexity index is 720. The van der Waals surface area contributed by atoms with Gasteiger partial charge in [-0.25, -0.2) is 0 Å². The first kappa shape index (κ1) is 13.0. The molecule has 100 valence electrons. The van der Waals surface area contributed by atoms with E-state index in [-0.39, 0.29) is 0 Å². The van der Waals surface area contributed by atoms with Crippen molar-refractivity contribution in [3.63, 3.8) is 0 Å². The van der Waals surface area contributed by atoms with E-state index in [2.05, 4.69) is 59.0 Å². The Labute approximate surface area is 123 Å². The van der Waals surface area contributed by atoms with Crippen molar-refractivity contribution in [3.05, 3.63) is 66.5 Å². The highest BCUT2D eigenvalue weighted by atomic mass is 32.2. The molecule has 3 aromatic rings. The summed E-state index contributed by atoms with van der Waals surface area (Å²) in [6.07, 6.45) is 5.94. The molecule has 0 atom stereocenters. The van der Waals surface area contributed by atoms with E-state index in [9.17, 15) is 0 Å². The largest absolute Gasteiger partial charge is 0.381 e. The zero-order valence-electron chi connectivity index (χ0n) is 11.3. The second-order valence-corrected chi connectivity index (χ2v) is 5.48. The van der Waals surface area contributed by atoms with Crippen LogP contribution < -0.4 is 5.32 Å². The zero-order valence-corrected chi connectivity index (χ0v) is 12.2. The van der Waals surface area contributed by atoms with Gasteiger partial charge in [-0.1, -0.05) is 30.3 Å². The molecule has 0 unspecified atom stereocenters. The van der Waals surface area contributed by atoms with Crippen LogP contribution >= 0.6 is 11.8 Å². The van der Waals surface area contributed by atoms with E-state index in [4.69, 9.17) is 0 Å². The zero-order chi connectivity index (χ0) is 13.8. The fraction of sp³-hybridized carbons (Fsp3) is 0.118. The van der Waals surface area contributed by atoms with Crippen LogP contribution in [0.1, 0.15) is 5.56 Å². The Kier molecular flexibility index (Phi) is 3.88. The summed E-state index contributed by atoms with van der Waals surface area (Å²) in [5, 5.41) is 5.92. The Morgan fingerprint density at radius 3 is 2.85 bits per heavy atom. The van der Waals surface area contributed by atoms with Crippen molar-refractivity contribution in [1.82, 2.24) is 4.98 Å². The van der Waals surface area contributed by atoms with Crippen LogP contribution in [0.2, 0.25) is 0 Å². The Hall–Kier alpha value is -2.00. The molecule has 0 fully saturated rings. The number of aromatic nitrogens is 1. The number of benzene rings is 2. The summed E-state index contributed by atoms with van der Waals surface area (Å²) in [6, 6.07) is 16.8. The summed E-state index contributed by atoms with van der Waals surface area (Å²) in [5.74, 6) is 0. The third kappa shape index (κ3) is 2.78. The Balaban J connectivity index is 1.83. The first-order chi connectivity index (χ1) is 9.86. The van der Waals surface area contributed by atoms with E-state index < -0.39 is 0 Å². The normalized spacial score (nSPS) is 10.7. The van der Waals surface area contributed by atoms with Crippen LogP contribution in [0.3, 0.4) is 0 Å². The molecule has 1 aromatic heterocycles. The molecule has 0 saturated heterocycles. The molecule has 0 aliphatic heterocycles. The van der Waals surface area contributed by atoms with Crippen LogP contribution in [0.25, 0.3) is 10.8 Å². The molecule has 0 radical (unpaired) electrons. The standard InChI is InChI=1S/C17H16N2S/c1-20-16-7-4-6-15(9-16)19-12-14-11-18-10-13-5-2-3-8-17(13)14/h2-11,19H,12H2,1H3. The number of hydrogen-bond acceptors (Lipinski definition) is 3. The van der Waals surface area contributed by atoms with Crippen molar-refractivity contribution in [2.75, 3.05) is 11.6 Å². The van der Waals surface area contributed by atoms with E-state index in [0.29, 0.717) is 0 Å². The lowest BCUT2D eigenvalue weighted by molar-refractivity contribution is 1.13. The lowest BCUT2D eigenvalue weighted by Crippen LogP contribution is -2.00. The molecule has 2 nitrogen and oxygen atoms in total. The van der Waals surface area contributed by atoms with Gasteiger partial charge in [-0.05, 0) is 35.4 Å². The average molecular weight is 280 g/mol. The first-order valence-electron chi connectivity index (χ1n) is 6.56. The fourth-order valence-corrected chi connectivity index (χ4v) is 2.71. The molecule has 0 amide bonds. The summed E-state index contributed by atoms with van der Waals surface area (Å²) in [4.78, 5) is 5.58. The minimum absolute atomic E-state index is 0.784. The van der Waals surface area contributed by atoms with Crippen molar-refractivity contribution in [2.45, 2.75) is 11.4 Å². The Morgan fingerprint density at radius 2 is 1.95 bits per heavy atom. The third-order valence-electron chi connectivity index (χ3n) is 3.30. The van der Waals surface area contributed by atoms with Gasteiger partial charge in [-0.15, -0.1) is 11.8 Å². The van der Waals surface area contributed by atoms with Crippen molar-refractivity contribution in [1.29, 1.82) is 0 Å². The predicted octanol–water partition coefficient (Wildman–Crippen LogP) is 4.57. The topological polar surface area (TPSA) is 24.9 Å². The van der Waals surface area contributed by atoms with Crippen molar-refractivity contribution in [3.8, 4) is 0 Å². The molecule has 0 spiro atoms. The van der Waals surface area contributed by atoms with Crippen LogP contribution in [-0.4, -0.2) is 11.2 Å². The highest BCUT2D eigenvalue weighted by Crippen LogP contribution is 2.21. The molecule has 0 saturated carbocycles. The second kappa shape index (κ2) is 5.97. The highest BCUT2D eigenvalue weighted by Gasteiger charge is 2.01. The molecule has 3 heteroatoms. The van der Waals surface area contributed by atoms with Gasteiger partial charge in [-0.2, -0.15) is 0 Å². The predicted molar refractivity (Wildman–Crippen MR) is 87.3 cm³/mol. The molecule has 2 aromatic carbocycles. The van der Waals surface area contributed by atoms with E-state index in [1.807, 2.05) is 18.5 Å². The first-order valence-corrected chi connectivity index (χ1v) is 7.79. The van der Waals surface area contributed by atoms with Gasteiger partial charge in [0.1, 0.15) is 0 Å². The molecule has 0 bridgehead atoms. The van der Waals surface area contributed by atoms with Gasteiger partial charge in [0.2, 0.25) is 0 Å². The van der Waals surface area contributed by atoms with Gasteiger partial charge in [0, 0.05) is 34.9 Å². The SMILES string of the molecule is CSc1cccc(NCc2cncc3ccccc23)c1. The maximum Gasteiger partial charge on any atom is 0.0422 e. The van der Waals surface area contributed by atoms with E-state index in [0.717, 1.165) is 12.2 Å². The summed E-state index contributed by atoms with van der Waals surface area (Å²) in [6.45, 7) is 0.784. The number of nitrogens with zero attached hydrogens (tertiary/aromatic N) is 1. The number of fused-ring (bicyclic) bond motifs is 1. The minimum atomic E-state index is 0.784. The van der Waals surface area contributed by atoms with E-state index in [1.54, 1.807) is 11.8 Å². The van der Waals surface area contributed by atoms with Gasteiger partial charge >= 0.3 is 0 Å². The van der Waals surface area contributed by atoms with Gasteiger partial charge < -0.3 is 5.32 Å². The lowest BCUT2D eigenvalue weighted by atomic mass is 10.1. The number of rotatable bonds is 4. The summed E-state index contributed by atoms with van der Waals surface area (Å²) in [5.41, 5.74) is 2.36. The van der Waals surface area contributed by atoms with E-state index in [1.165, 1.54) is 21.2 Å². The molecule has 0 aliphatic carbocycles. The van der Waals surface area contributed by atoms with Crippen LogP contribution in [0.4, 0.5) is 5.69 Å². The molecule has 1 N–H and O–H groups in total. The van der Waals surface area contributed by atoms with Gasteiger partial charge in [0.25, 0.3) is 0 Å². The van der Waals surface area contributed by atoms with Gasteiger partial charge in [-0.3, -0.25) is 4.98 Å². The maximum absolute atomic E-state index is 4.31. The number of pyridine rings is 1. The number of hydrogen-bond donors (Lipinski definition) is 1. The van der Waals surface area contributed by atoms with Crippen molar-refractivity contribution in [2.24, 2.45) is 0 Å². The van der Waals surface area contributed by atoms with Gasteiger partial charge in [0.05, 0.1) is 0 Å². The lowest BCUT2D eigenvalue weighted by Gasteiger charge is -2.09. The van der Waals surface area contributed by atoms with Crippen LogP contribution in [0.15, 0.2) is 65.8 Å².